The topological polar surface area (TPSA) is 90.1 Å². The quantitative estimate of drug-likeness (QED) is 0.779. The maximum absolute atomic E-state index is 12.4. The molecule has 2 heterocycles. The summed E-state index contributed by atoms with van der Waals surface area (Å²) in [5.74, 6) is -0.184. The summed E-state index contributed by atoms with van der Waals surface area (Å²) in [6, 6.07) is 7.29. The van der Waals surface area contributed by atoms with Crippen molar-refractivity contribution in [2.75, 3.05) is 26.0 Å². The van der Waals surface area contributed by atoms with Gasteiger partial charge < -0.3 is 15.5 Å². The predicted octanol–water partition coefficient (Wildman–Crippen LogP) is 0.938. The zero-order chi connectivity index (χ0) is 17.1. The van der Waals surface area contributed by atoms with Gasteiger partial charge in [-0.25, -0.2) is 0 Å². The van der Waals surface area contributed by atoms with Gasteiger partial charge in [-0.2, -0.15) is 5.10 Å². The molecule has 1 aliphatic rings. The fourth-order valence-corrected chi connectivity index (χ4v) is 2.64. The number of carbonyl (C=O) groups excluding carboxylic acids is 2. The van der Waals surface area contributed by atoms with Crippen molar-refractivity contribution in [2.24, 2.45) is 0 Å². The highest BCUT2D eigenvalue weighted by Gasteiger charge is 2.21. The Morgan fingerprint density at radius 2 is 2.00 bits per heavy atom. The molecule has 0 saturated carbocycles. The van der Waals surface area contributed by atoms with Crippen molar-refractivity contribution in [2.45, 2.75) is 19.4 Å². The van der Waals surface area contributed by atoms with Crippen molar-refractivity contribution in [1.82, 2.24) is 20.4 Å². The average molecular weight is 327 g/mol. The molecule has 24 heavy (non-hydrogen) atoms. The highest BCUT2D eigenvalue weighted by molar-refractivity contribution is 6.04. The summed E-state index contributed by atoms with van der Waals surface area (Å²) in [6.45, 7) is 1.55. The minimum atomic E-state index is -0.228. The van der Waals surface area contributed by atoms with Crippen LogP contribution >= 0.6 is 0 Å². The minimum Gasteiger partial charge on any atom is -0.349 e. The Labute approximate surface area is 140 Å². The monoisotopic (exact) mass is 327 g/mol. The number of hydrogen-bond donors (Lipinski definition) is 3. The zero-order valence-electron chi connectivity index (χ0n) is 13.8. The lowest BCUT2D eigenvalue weighted by Gasteiger charge is -2.13. The molecule has 0 aliphatic carbocycles. The zero-order valence-corrected chi connectivity index (χ0v) is 13.8. The fourth-order valence-electron chi connectivity index (χ4n) is 2.64. The summed E-state index contributed by atoms with van der Waals surface area (Å²) in [5.41, 5.74) is 3.99. The standard InChI is InChI=1S/C17H21N5O2/c1-22(2)15(23)9-11-3-5-12(6-4-11)19-17(24)16-13-10-18-8-7-14(13)20-21-16/h3-6,18H,7-10H2,1-2H3,(H,19,24)(H,20,21). The maximum Gasteiger partial charge on any atom is 0.276 e. The molecule has 1 aromatic heterocycles. The second kappa shape index (κ2) is 6.84. The number of benzene rings is 1. The van der Waals surface area contributed by atoms with Gasteiger partial charge in [0.15, 0.2) is 5.69 Å². The van der Waals surface area contributed by atoms with E-state index in [0.29, 0.717) is 24.3 Å². The SMILES string of the molecule is CN(C)C(=O)Cc1ccc(NC(=O)c2n[nH]c3c2CNCC3)cc1. The van der Waals surface area contributed by atoms with Gasteiger partial charge in [0.05, 0.1) is 6.42 Å². The van der Waals surface area contributed by atoms with Crippen LogP contribution in [0.15, 0.2) is 24.3 Å². The van der Waals surface area contributed by atoms with E-state index in [9.17, 15) is 9.59 Å². The normalized spacial score (nSPS) is 13.2. The van der Waals surface area contributed by atoms with Crippen LogP contribution < -0.4 is 10.6 Å². The number of H-pyrrole nitrogens is 1. The molecule has 7 heteroatoms. The van der Waals surface area contributed by atoms with Gasteiger partial charge in [-0.05, 0) is 17.7 Å². The van der Waals surface area contributed by atoms with Gasteiger partial charge >= 0.3 is 0 Å². The number of hydrogen-bond acceptors (Lipinski definition) is 4. The molecule has 0 spiro atoms. The number of amides is 2. The summed E-state index contributed by atoms with van der Waals surface area (Å²) < 4.78 is 0. The highest BCUT2D eigenvalue weighted by Crippen LogP contribution is 2.17. The highest BCUT2D eigenvalue weighted by atomic mass is 16.2. The molecular formula is C17H21N5O2. The van der Waals surface area contributed by atoms with E-state index in [1.807, 2.05) is 12.1 Å². The van der Waals surface area contributed by atoms with E-state index in [4.69, 9.17) is 0 Å². The van der Waals surface area contributed by atoms with Gasteiger partial charge in [0.25, 0.3) is 5.91 Å². The van der Waals surface area contributed by atoms with Crippen LogP contribution in [0.4, 0.5) is 5.69 Å². The van der Waals surface area contributed by atoms with Crippen LogP contribution in [0, 0.1) is 0 Å². The van der Waals surface area contributed by atoms with E-state index >= 15 is 0 Å². The smallest absolute Gasteiger partial charge is 0.276 e. The summed E-state index contributed by atoms with van der Waals surface area (Å²) in [4.78, 5) is 25.7. The van der Waals surface area contributed by atoms with Crippen molar-refractivity contribution in [3.05, 3.63) is 46.8 Å². The van der Waals surface area contributed by atoms with E-state index in [0.717, 1.165) is 29.8 Å². The largest absolute Gasteiger partial charge is 0.349 e. The lowest BCUT2D eigenvalue weighted by molar-refractivity contribution is -0.127. The van der Waals surface area contributed by atoms with Gasteiger partial charge in [-0.3, -0.25) is 14.7 Å². The van der Waals surface area contributed by atoms with Crippen LogP contribution in [0.1, 0.15) is 27.3 Å². The van der Waals surface area contributed by atoms with Gasteiger partial charge in [0.2, 0.25) is 5.91 Å². The number of likely N-dealkylation sites (N-methyl/N-ethyl adjacent to an activating group) is 1. The molecule has 2 amide bonds. The van der Waals surface area contributed by atoms with Gasteiger partial charge in [0, 0.05) is 50.6 Å². The van der Waals surface area contributed by atoms with Crippen LogP contribution in [-0.4, -0.2) is 47.6 Å². The number of rotatable bonds is 4. The number of fused-ring (bicyclic) bond motifs is 1. The van der Waals surface area contributed by atoms with Crippen LogP contribution in [0.25, 0.3) is 0 Å². The molecule has 1 aliphatic heterocycles. The first-order valence-corrected chi connectivity index (χ1v) is 7.92. The molecule has 7 nitrogen and oxygen atoms in total. The van der Waals surface area contributed by atoms with Gasteiger partial charge in [0.1, 0.15) is 0 Å². The fraction of sp³-hybridized carbons (Fsp3) is 0.353. The van der Waals surface area contributed by atoms with Gasteiger partial charge in [-0.15, -0.1) is 0 Å². The van der Waals surface area contributed by atoms with Crippen molar-refractivity contribution in [1.29, 1.82) is 0 Å². The number of nitrogens with one attached hydrogen (secondary N) is 3. The Morgan fingerprint density at radius 1 is 1.25 bits per heavy atom. The Balaban J connectivity index is 1.67. The number of aromatic amines is 1. The molecule has 3 N–H and O–H groups in total. The number of aromatic nitrogens is 2. The minimum absolute atomic E-state index is 0.0439. The van der Waals surface area contributed by atoms with Crippen molar-refractivity contribution in [3.63, 3.8) is 0 Å². The van der Waals surface area contributed by atoms with Crippen molar-refractivity contribution in [3.8, 4) is 0 Å². The molecule has 0 saturated heterocycles. The van der Waals surface area contributed by atoms with E-state index in [1.54, 1.807) is 31.1 Å². The van der Waals surface area contributed by atoms with E-state index < -0.39 is 0 Å². The predicted molar refractivity (Wildman–Crippen MR) is 90.8 cm³/mol. The molecule has 0 radical (unpaired) electrons. The van der Waals surface area contributed by atoms with Gasteiger partial charge in [-0.1, -0.05) is 12.1 Å². The number of anilines is 1. The van der Waals surface area contributed by atoms with E-state index in [-0.39, 0.29) is 11.8 Å². The Kier molecular flexibility index (Phi) is 4.61. The maximum atomic E-state index is 12.4. The van der Waals surface area contributed by atoms with E-state index in [1.165, 1.54) is 0 Å². The average Bonchev–Trinajstić information content (AvgIpc) is 3.00. The summed E-state index contributed by atoms with van der Waals surface area (Å²) >= 11 is 0. The first kappa shape index (κ1) is 16.2. The summed E-state index contributed by atoms with van der Waals surface area (Å²) in [5, 5.41) is 13.2. The second-order valence-corrected chi connectivity index (χ2v) is 6.07. The van der Waals surface area contributed by atoms with Crippen LogP contribution in [0.2, 0.25) is 0 Å². The molecule has 0 atom stereocenters. The van der Waals surface area contributed by atoms with Crippen LogP contribution in [-0.2, 0) is 24.2 Å². The van der Waals surface area contributed by atoms with E-state index in [2.05, 4.69) is 20.8 Å². The molecule has 126 valence electrons. The lowest BCUT2D eigenvalue weighted by atomic mass is 10.1. The first-order valence-electron chi connectivity index (χ1n) is 7.92. The third-order valence-electron chi connectivity index (χ3n) is 4.09. The Hall–Kier alpha value is -2.67. The first-order chi connectivity index (χ1) is 11.5. The molecule has 2 aromatic rings. The third kappa shape index (κ3) is 3.46. The lowest BCUT2D eigenvalue weighted by Crippen LogP contribution is -2.25. The molecule has 1 aromatic carbocycles. The summed E-state index contributed by atoms with van der Waals surface area (Å²) in [6.07, 6.45) is 1.20. The molecule has 0 unspecified atom stereocenters. The Morgan fingerprint density at radius 3 is 2.71 bits per heavy atom. The molecule has 3 rings (SSSR count). The summed E-state index contributed by atoms with van der Waals surface area (Å²) in [7, 11) is 3.46. The van der Waals surface area contributed by atoms with Crippen LogP contribution in [0.3, 0.4) is 0 Å². The molecule has 0 fully saturated rings. The number of nitrogens with zero attached hydrogens (tertiary/aromatic N) is 2. The molecule has 0 bridgehead atoms. The number of carbonyl (C=O) groups is 2. The van der Waals surface area contributed by atoms with Crippen molar-refractivity contribution < 1.29 is 9.59 Å². The Bertz CT molecular complexity index is 749. The second-order valence-electron chi connectivity index (χ2n) is 6.07. The third-order valence-corrected chi connectivity index (χ3v) is 4.09. The van der Waals surface area contributed by atoms with Crippen LogP contribution in [0.5, 0.6) is 0 Å². The van der Waals surface area contributed by atoms with Crippen molar-refractivity contribution >= 4 is 17.5 Å². The molecular weight excluding hydrogens is 306 g/mol.